The number of β-lactam (4-membered cyclic amide) rings is 1. The van der Waals surface area contributed by atoms with E-state index in [-0.39, 0.29) is 29.0 Å². The van der Waals surface area contributed by atoms with Crippen LogP contribution in [0.25, 0.3) is 0 Å². The number of hydrogen-bond donors (Lipinski definition) is 3. The molecule has 2 aliphatic rings. The third kappa shape index (κ3) is 2.84. The first-order chi connectivity index (χ1) is 9.60. The molecule has 0 saturated carbocycles. The van der Waals surface area contributed by atoms with Gasteiger partial charge in [0.1, 0.15) is 5.70 Å². The van der Waals surface area contributed by atoms with E-state index in [9.17, 15) is 19.8 Å². The van der Waals surface area contributed by atoms with Gasteiger partial charge >= 0.3 is 5.97 Å². The van der Waals surface area contributed by atoms with Crippen LogP contribution in [0.5, 0.6) is 0 Å². The molecule has 112 valence electrons. The Morgan fingerprint density at radius 2 is 2.25 bits per heavy atom. The SMILES string of the molecule is CCCCCNC1S[C@@H]2CC(=O)N2C(C(=O)O)=C1CO. The molecule has 0 radical (unpaired) electrons. The van der Waals surface area contributed by atoms with Crippen molar-refractivity contribution in [3.63, 3.8) is 0 Å². The Labute approximate surface area is 122 Å². The zero-order chi connectivity index (χ0) is 14.7. The van der Waals surface area contributed by atoms with Gasteiger partial charge in [0.15, 0.2) is 0 Å². The quantitative estimate of drug-likeness (QED) is 0.474. The number of carboxylic acid groups (broad SMARTS) is 1. The smallest absolute Gasteiger partial charge is 0.352 e. The molecule has 0 bridgehead atoms. The number of nitrogens with one attached hydrogen (secondary N) is 1. The van der Waals surface area contributed by atoms with Crippen molar-refractivity contribution in [1.29, 1.82) is 0 Å². The monoisotopic (exact) mass is 300 g/mol. The lowest BCUT2D eigenvalue weighted by Gasteiger charge is -2.46. The first-order valence-corrected chi connectivity index (χ1v) is 7.82. The molecule has 0 aromatic rings. The number of thioether (sulfide) groups is 1. The molecule has 6 nitrogen and oxygen atoms in total. The fraction of sp³-hybridized carbons (Fsp3) is 0.692. The van der Waals surface area contributed by atoms with Crippen LogP contribution < -0.4 is 5.32 Å². The van der Waals surface area contributed by atoms with Crippen LogP contribution in [0.4, 0.5) is 0 Å². The van der Waals surface area contributed by atoms with Crippen molar-refractivity contribution in [2.75, 3.05) is 13.2 Å². The second kappa shape index (κ2) is 6.60. The highest BCUT2D eigenvalue weighted by Crippen LogP contribution is 2.42. The average Bonchev–Trinajstić information content (AvgIpc) is 2.41. The summed E-state index contributed by atoms with van der Waals surface area (Å²) >= 11 is 1.51. The fourth-order valence-corrected chi connectivity index (χ4v) is 3.92. The second-order valence-corrected chi connectivity index (χ2v) is 6.22. The molecule has 1 amide bonds. The van der Waals surface area contributed by atoms with Gasteiger partial charge in [-0.05, 0) is 13.0 Å². The van der Waals surface area contributed by atoms with E-state index >= 15 is 0 Å². The van der Waals surface area contributed by atoms with Crippen LogP contribution in [0.3, 0.4) is 0 Å². The lowest BCUT2D eigenvalue weighted by molar-refractivity contribution is -0.146. The molecular weight excluding hydrogens is 280 g/mol. The third-order valence-electron chi connectivity index (χ3n) is 3.54. The van der Waals surface area contributed by atoms with Crippen LogP contribution in [0.15, 0.2) is 11.3 Å². The van der Waals surface area contributed by atoms with E-state index in [1.165, 1.54) is 16.7 Å². The van der Waals surface area contributed by atoms with Crippen LogP contribution in [0.2, 0.25) is 0 Å². The van der Waals surface area contributed by atoms with Crippen LogP contribution >= 0.6 is 11.8 Å². The van der Waals surface area contributed by atoms with E-state index in [4.69, 9.17) is 0 Å². The lowest BCUT2D eigenvalue weighted by Crippen LogP contribution is -2.57. The van der Waals surface area contributed by atoms with E-state index in [1.54, 1.807) is 0 Å². The molecular formula is C13H20N2O4S. The highest BCUT2D eigenvalue weighted by molar-refractivity contribution is 8.00. The molecule has 7 heteroatoms. The highest BCUT2D eigenvalue weighted by atomic mass is 32.2. The molecule has 2 heterocycles. The predicted molar refractivity (Wildman–Crippen MR) is 75.9 cm³/mol. The number of fused-ring (bicyclic) bond motifs is 1. The number of aliphatic hydroxyl groups is 1. The Kier molecular flexibility index (Phi) is 5.06. The summed E-state index contributed by atoms with van der Waals surface area (Å²) in [6, 6.07) is 0. The lowest BCUT2D eigenvalue weighted by atomic mass is 10.1. The summed E-state index contributed by atoms with van der Waals surface area (Å²) in [6.07, 6.45) is 3.62. The number of unbranched alkanes of at least 4 members (excludes halogenated alkanes) is 2. The molecule has 1 unspecified atom stereocenters. The maximum atomic E-state index is 11.6. The Morgan fingerprint density at radius 3 is 2.80 bits per heavy atom. The van der Waals surface area contributed by atoms with Crippen LogP contribution in [-0.2, 0) is 9.59 Å². The zero-order valence-electron chi connectivity index (χ0n) is 11.5. The summed E-state index contributed by atoms with van der Waals surface area (Å²) < 4.78 is 0. The standard InChI is InChI=1S/C13H20N2O4S/c1-2-3-4-5-14-12-8(7-16)11(13(18)19)15-9(17)6-10(15)20-12/h10,12,14,16H,2-7H2,1H3,(H,18,19)/t10-,12?/m1/s1. The van der Waals surface area contributed by atoms with Crippen LogP contribution in [0.1, 0.15) is 32.6 Å². The number of aliphatic hydroxyl groups excluding tert-OH is 1. The zero-order valence-corrected chi connectivity index (χ0v) is 12.3. The summed E-state index contributed by atoms with van der Waals surface area (Å²) in [7, 11) is 0. The molecule has 0 aliphatic carbocycles. The summed E-state index contributed by atoms with van der Waals surface area (Å²) in [6.45, 7) is 2.55. The van der Waals surface area contributed by atoms with Crippen molar-refractivity contribution in [2.45, 2.75) is 43.4 Å². The highest BCUT2D eigenvalue weighted by Gasteiger charge is 2.48. The molecule has 0 aromatic heterocycles. The Balaban J connectivity index is 2.13. The minimum atomic E-state index is -1.15. The minimum absolute atomic E-state index is 0.0412. The van der Waals surface area contributed by atoms with Gasteiger partial charge in [-0.1, -0.05) is 19.8 Å². The maximum Gasteiger partial charge on any atom is 0.352 e. The van der Waals surface area contributed by atoms with E-state index < -0.39 is 5.97 Å². The van der Waals surface area contributed by atoms with Crippen LogP contribution in [-0.4, -0.2) is 50.9 Å². The van der Waals surface area contributed by atoms with Crippen LogP contribution in [0, 0.1) is 0 Å². The van der Waals surface area contributed by atoms with Crippen molar-refractivity contribution in [3.05, 3.63) is 11.3 Å². The number of aliphatic carboxylic acids is 1. The first-order valence-electron chi connectivity index (χ1n) is 6.88. The molecule has 1 saturated heterocycles. The van der Waals surface area contributed by atoms with Gasteiger partial charge in [-0.25, -0.2) is 4.79 Å². The summed E-state index contributed by atoms with van der Waals surface area (Å²) in [4.78, 5) is 24.2. The number of nitrogens with zero attached hydrogens (tertiary/aromatic N) is 1. The second-order valence-electron chi connectivity index (χ2n) is 4.94. The van der Waals surface area contributed by atoms with Gasteiger partial charge in [0.2, 0.25) is 5.91 Å². The number of carbonyl (C=O) groups is 2. The van der Waals surface area contributed by atoms with Crippen molar-refractivity contribution in [3.8, 4) is 0 Å². The Bertz CT molecular complexity index is 438. The Morgan fingerprint density at radius 1 is 1.50 bits per heavy atom. The molecule has 2 rings (SSSR count). The average molecular weight is 300 g/mol. The number of amides is 1. The molecule has 0 aromatic carbocycles. The normalized spacial score (nSPS) is 25.5. The van der Waals surface area contributed by atoms with E-state index in [0.29, 0.717) is 12.0 Å². The van der Waals surface area contributed by atoms with E-state index in [1.807, 2.05) is 0 Å². The Hall–Kier alpha value is -1.05. The number of rotatable bonds is 7. The van der Waals surface area contributed by atoms with Gasteiger partial charge in [-0.3, -0.25) is 9.69 Å². The molecule has 20 heavy (non-hydrogen) atoms. The molecule has 2 aliphatic heterocycles. The largest absolute Gasteiger partial charge is 0.477 e. The van der Waals surface area contributed by atoms with E-state index in [2.05, 4.69) is 12.2 Å². The van der Waals surface area contributed by atoms with Crippen molar-refractivity contribution in [1.82, 2.24) is 10.2 Å². The van der Waals surface area contributed by atoms with Crippen molar-refractivity contribution >= 4 is 23.6 Å². The van der Waals surface area contributed by atoms with Gasteiger partial charge < -0.3 is 15.5 Å². The predicted octanol–water partition coefficient (Wildman–Crippen LogP) is 0.729. The van der Waals surface area contributed by atoms with Crippen molar-refractivity contribution < 1.29 is 19.8 Å². The molecule has 3 N–H and O–H groups in total. The first kappa shape index (κ1) is 15.3. The molecule has 1 fully saturated rings. The van der Waals surface area contributed by atoms with Gasteiger partial charge in [-0.2, -0.15) is 0 Å². The van der Waals surface area contributed by atoms with Gasteiger partial charge in [0.05, 0.1) is 23.8 Å². The van der Waals surface area contributed by atoms with Crippen molar-refractivity contribution in [2.24, 2.45) is 0 Å². The number of carbonyl (C=O) groups excluding carboxylic acids is 1. The van der Waals surface area contributed by atoms with Gasteiger partial charge in [-0.15, -0.1) is 11.8 Å². The maximum absolute atomic E-state index is 11.6. The fourth-order valence-electron chi connectivity index (χ4n) is 2.46. The summed E-state index contributed by atoms with van der Waals surface area (Å²) in [5.41, 5.74) is 0.351. The molecule has 2 atom stereocenters. The topological polar surface area (TPSA) is 89.9 Å². The number of hydrogen-bond acceptors (Lipinski definition) is 5. The third-order valence-corrected chi connectivity index (χ3v) is 4.96. The summed E-state index contributed by atoms with van der Waals surface area (Å²) in [5, 5.41) is 21.7. The van der Waals surface area contributed by atoms with E-state index in [0.717, 1.165) is 25.8 Å². The minimum Gasteiger partial charge on any atom is -0.477 e. The summed E-state index contributed by atoms with van der Waals surface area (Å²) in [5.74, 6) is -1.33. The number of carboxylic acids is 1. The van der Waals surface area contributed by atoms with Gasteiger partial charge in [0, 0.05) is 5.57 Å². The van der Waals surface area contributed by atoms with Gasteiger partial charge in [0.25, 0.3) is 0 Å². The molecule has 0 spiro atoms.